The lowest BCUT2D eigenvalue weighted by molar-refractivity contribution is 0.216. The molecule has 78 valence electrons. The van der Waals surface area contributed by atoms with E-state index in [4.69, 9.17) is 0 Å². The van der Waals surface area contributed by atoms with Crippen LogP contribution in [0.1, 0.15) is 45.6 Å². The third kappa shape index (κ3) is 1.97. The lowest BCUT2D eigenvalue weighted by atomic mass is 9.80. The molecule has 0 amide bonds. The lowest BCUT2D eigenvalue weighted by Gasteiger charge is -2.30. The summed E-state index contributed by atoms with van der Waals surface area (Å²) in [6.07, 6.45) is 8.72. The van der Waals surface area contributed by atoms with Crippen molar-refractivity contribution in [3.63, 3.8) is 0 Å². The Morgan fingerprint density at radius 3 is 2.43 bits per heavy atom. The van der Waals surface area contributed by atoms with Crippen molar-refractivity contribution in [2.45, 2.75) is 45.6 Å². The molecule has 1 aliphatic rings. The van der Waals surface area contributed by atoms with Crippen LogP contribution in [0.25, 0.3) is 0 Å². The Bertz CT molecular complexity index is 258. The zero-order valence-electron chi connectivity index (χ0n) is 9.06. The molecule has 14 heavy (non-hydrogen) atoms. The van der Waals surface area contributed by atoms with Gasteiger partial charge in [-0.15, -0.1) is 0 Å². The van der Waals surface area contributed by atoms with Crippen LogP contribution in [-0.2, 0) is 0 Å². The summed E-state index contributed by atoms with van der Waals surface area (Å²) in [4.78, 5) is 4.00. The molecule has 1 aliphatic carbocycles. The first-order valence-corrected chi connectivity index (χ1v) is 5.61. The molecule has 0 aliphatic heterocycles. The Morgan fingerprint density at radius 2 is 1.93 bits per heavy atom. The Kier molecular flexibility index (Phi) is 2.85. The van der Waals surface area contributed by atoms with Gasteiger partial charge in [-0.25, -0.2) is 9.67 Å². The second-order valence-electron chi connectivity index (χ2n) is 4.69. The first-order valence-electron chi connectivity index (χ1n) is 5.61. The Labute approximate surface area is 85.5 Å². The van der Waals surface area contributed by atoms with Gasteiger partial charge in [0.05, 0.1) is 6.04 Å². The van der Waals surface area contributed by atoms with E-state index in [1.807, 2.05) is 11.0 Å². The topological polar surface area (TPSA) is 30.7 Å². The first kappa shape index (κ1) is 9.69. The fourth-order valence-corrected chi connectivity index (χ4v) is 2.44. The Balaban J connectivity index is 1.90. The molecule has 0 radical (unpaired) electrons. The van der Waals surface area contributed by atoms with E-state index in [9.17, 15) is 0 Å². The van der Waals surface area contributed by atoms with E-state index in [1.54, 1.807) is 6.33 Å². The summed E-state index contributed by atoms with van der Waals surface area (Å²) in [6.45, 7) is 4.67. The highest BCUT2D eigenvalue weighted by Gasteiger charge is 2.24. The third-order valence-electron chi connectivity index (χ3n) is 3.49. The van der Waals surface area contributed by atoms with E-state index in [0.717, 1.165) is 11.8 Å². The van der Waals surface area contributed by atoms with Gasteiger partial charge >= 0.3 is 0 Å². The summed E-state index contributed by atoms with van der Waals surface area (Å²) < 4.78 is 2.02. The molecular formula is C11H19N3. The monoisotopic (exact) mass is 193 g/mol. The number of nitrogens with zero attached hydrogens (tertiary/aromatic N) is 3. The predicted molar refractivity (Wildman–Crippen MR) is 55.9 cm³/mol. The van der Waals surface area contributed by atoms with Crippen LogP contribution in [0, 0.1) is 11.8 Å². The van der Waals surface area contributed by atoms with Crippen LogP contribution in [0.2, 0.25) is 0 Å². The summed E-state index contributed by atoms with van der Waals surface area (Å²) >= 11 is 0. The molecule has 1 aromatic rings. The van der Waals surface area contributed by atoms with Crippen molar-refractivity contribution in [3.8, 4) is 0 Å². The van der Waals surface area contributed by atoms with Crippen LogP contribution in [0.5, 0.6) is 0 Å². The minimum Gasteiger partial charge on any atom is -0.250 e. The minimum atomic E-state index is 0.604. The fraction of sp³-hybridized carbons (Fsp3) is 0.818. The summed E-state index contributed by atoms with van der Waals surface area (Å²) in [6, 6.07) is 0.604. The highest BCUT2D eigenvalue weighted by molar-refractivity contribution is 4.78. The summed E-state index contributed by atoms with van der Waals surface area (Å²) in [7, 11) is 0. The van der Waals surface area contributed by atoms with Gasteiger partial charge in [-0.2, -0.15) is 5.10 Å². The second-order valence-corrected chi connectivity index (χ2v) is 4.69. The highest BCUT2D eigenvalue weighted by Crippen LogP contribution is 2.35. The van der Waals surface area contributed by atoms with E-state index in [-0.39, 0.29) is 0 Å². The fourth-order valence-electron chi connectivity index (χ4n) is 2.44. The number of hydrogen-bond donors (Lipinski definition) is 0. The molecule has 3 heteroatoms. The van der Waals surface area contributed by atoms with Gasteiger partial charge in [0.15, 0.2) is 0 Å². The quantitative estimate of drug-likeness (QED) is 0.723. The summed E-state index contributed by atoms with van der Waals surface area (Å²) in [5, 5.41) is 4.22. The molecule has 1 aromatic heterocycles. The van der Waals surface area contributed by atoms with Crippen molar-refractivity contribution in [1.29, 1.82) is 0 Å². The zero-order chi connectivity index (χ0) is 9.97. The first-order chi connectivity index (χ1) is 6.77. The Morgan fingerprint density at radius 1 is 1.21 bits per heavy atom. The van der Waals surface area contributed by atoms with E-state index in [0.29, 0.717) is 6.04 Å². The molecule has 0 saturated heterocycles. The maximum absolute atomic E-state index is 4.22. The van der Waals surface area contributed by atoms with E-state index < -0.39 is 0 Å². The normalized spacial score (nSPS) is 28.2. The average molecular weight is 193 g/mol. The molecule has 2 rings (SSSR count). The van der Waals surface area contributed by atoms with Gasteiger partial charge in [-0.05, 0) is 37.5 Å². The minimum absolute atomic E-state index is 0.604. The lowest BCUT2D eigenvalue weighted by Crippen LogP contribution is -2.21. The zero-order valence-corrected chi connectivity index (χ0v) is 9.06. The number of aromatic nitrogens is 3. The van der Waals surface area contributed by atoms with Gasteiger partial charge in [0.25, 0.3) is 0 Å². The van der Waals surface area contributed by atoms with Gasteiger partial charge < -0.3 is 0 Å². The van der Waals surface area contributed by atoms with Crippen molar-refractivity contribution in [2.75, 3.05) is 0 Å². The Hall–Kier alpha value is -0.860. The van der Waals surface area contributed by atoms with Crippen molar-refractivity contribution in [1.82, 2.24) is 14.8 Å². The third-order valence-corrected chi connectivity index (χ3v) is 3.49. The van der Waals surface area contributed by atoms with Gasteiger partial charge in [-0.3, -0.25) is 0 Å². The molecular weight excluding hydrogens is 174 g/mol. The van der Waals surface area contributed by atoms with Gasteiger partial charge in [0.1, 0.15) is 12.7 Å². The number of rotatable bonds is 2. The maximum atomic E-state index is 4.22. The largest absolute Gasteiger partial charge is 0.250 e. The summed E-state index contributed by atoms with van der Waals surface area (Å²) in [5.41, 5.74) is 0. The van der Waals surface area contributed by atoms with E-state index in [2.05, 4.69) is 23.9 Å². The molecule has 0 aromatic carbocycles. The van der Waals surface area contributed by atoms with Gasteiger partial charge in [-0.1, -0.05) is 13.8 Å². The average Bonchev–Trinajstić information content (AvgIpc) is 2.71. The molecule has 1 fully saturated rings. The van der Waals surface area contributed by atoms with Crippen LogP contribution in [-0.4, -0.2) is 14.8 Å². The van der Waals surface area contributed by atoms with Gasteiger partial charge in [0, 0.05) is 0 Å². The van der Waals surface area contributed by atoms with Crippen LogP contribution < -0.4 is 0 Å². The van der Waals surface area contributed by atoms with Gasteiger partial charge in [0.2, 0.25) is 0 Å². The molecule has 1 saturated carbocycles. The smallest absolute Gasteiger partial charge is 0.137 e. The van der Waals surface area contributed by atoms with Crippen LogP contribution in [0.15, 0.2) is 12.7 Å². The van der Waals surface area contributed by atoms with Crippen LogP contribution in [0.3, 0.4) is 0 Å². The molecule has 3 nitrogen and oxygen atoms in total. The SMILES string of the molecule is CC(C)[C@H]1CC[C@@H](n2cncn2)CC1. The highest BCUT2D eigenvalue weighted by atomic mass is 15.3. The van der Waals surface area contributed by atoms with E-state index >= 15 is 0 Å². The van der Waals surface area contributed by atoms with E-state index in [1.165, 1.54) is 25.7 Å². The number of hydrogen-bond acceptors (Lipinski definition) is 2. The van der Waals surface area contributed by atoms with Crippen LogP contribution >= 0.6 is 0 Å². The second kappa shape index (κ2) is 4.11. The maximum Gasteiger partial charge on any atom is 0.137 e. The van der Waals surface area contributed by atoms with Crippen molar-refractivity contribution >= 4 is 0 Å². The molecule has 0 atom stereocenters. The standard InChI is InChI=1S/C11H19N3/c1-9(2)10-3-5-11(6-4-10)14-8-12-7-13-14/h7-11H,3-6H2,1-2H3/t10-,11+. The molecule has 0 bridgehead atoms. The molecule has 1 heterocycles. The van der Waals surface area contributed by atoms with Crippen molar-refractivity contribution in [3.05, 3.63) is 12.7 Å². The molecule has 0 unspecified atom stereocenters. The van der Waals surface area contributed by atoms with Crippen molar-refractivity contribution in [2.24, 2.45) is 11.8 Å². The van der Waals surface area contributed by atoms with Crippen LogP contribution in [0.4, 0.5) is 0 Å². The summed E-state index contributed by atoms with van der Waals surface area (Å²) in [5.74, 6) is 1.77. The molecule has 0 N–H and O–H groups in total. The molecule has 0 spiro atoms. The predicted octanol–water partition coefficient (Wildman–Crippen LogP) is 2.67. The van der Waals surface area contributed by atoms with Crippen molar-refractivity contribution < 1.29 is 0 Å².